The lowest BCUT2D eigenvalue weighted by molar-refractivity contribution is -0.155. The predicted octanol–water partition coefficient (Wildman–Crippen LogP) is 3.46. The zero-order chi connectivity index (χ0) is 20.0. The number of carbonyl (C=O) groups excluding carboxylic acids is 3. The Morgan fingerprint density at radius 3 is 2.30 bits per heavy atom. The molecule has 0 aliphatic rings. The van der Waals surface area contributed by atoms with E-state index in [2.05, 4.69) is 5.32 Å². The third-order valence-electron chi connectivity index (χ3n) is 3.96. The van der Waals surface area contributed by atoms with Crippen LogP contribution in [0.5, 0.6) is 5.75 Å². The minimum Gasteiger partial charge on any atom is -0.481 e. The number of amides is 1. The second kappa shape index (κ2) is 8.98. The molecule has 1 N–H and O–H groups in total. The number of hydrogen-bond acceptors (Lipinski definition) is 5. The van der Waals surface area contributed by atoms with Crippen LogP contribution in [0.4, 0.5) is 5.69 Å². The van der Waals surface area contributed by atoms with E-state index in [1.807, 2.05) is 32.0 Å². The Labute approximate surface area is 158 Å². The van der Waals surface area contributed by atoms with Gasteiger partial charge >= 0.3 is 5.97 Å². The number of ketones is 1. The van der Waals surface area contributed by atoms with Gasteiger partial charge in [0.15, 0.2) is 18.5 Å². The Balaban J connectivity index is 1.89. The van der Waals surface area contributed by atoms with Crippen molar-refractivity contribution >= 4 is 23.3 Å². The molecule has 0 aliphatic heterocycles. The molecule has 2 aromatic rings. The third-order valence-corrected chi connectivity index (χ3v) is 3.96. The first-order chi connectivity index (χ1) is 12.8. The lowest BCUT2D eigenvalue weighted by Crippen LogP contribution is -2.31. The zero-order valence-corrected chi connectivity index (χ0v) is 15.9. The number of ether oxygens (including phenoxy) is 2. The Kier molecular flexibility index (Phi) is 6.71. The van der Waals surface area contributed by atoms with Crippen LogP contribution in [0.1, 0.15) is 35.3 Å². The van der Waals surface area contributed by atoms with E-state index in [0.29, 0.717) is 17.0 Å². The highest BCUT2D eigenvalue weighted by molar-refractivity contribution is 5.98. The van der Waals surface area contributed by atoms with E-state index in [4.69, 9.17) is 9.47 Å². The summed E-state index contributed by atoms with van der Waals surface area (Å²) in [7, 11) is 0. The van der Waals surface area contributed by atoms with Crippen molar-refractivity contribution in [1.29, 1.82) is 0 Å². The van der Waals surface area contributed by atoms with E-state index in [1.54, 1.807) is 24.3 Å². The van der Waals surface area contributed by atoms with Crippen molar-refractivity contribution < 1.29 is 23.9 Å². The first kappa shape index (κ1) is 20.2. The second-order valence-corrected chi connectivity index (χ2v) is 6.27. The molecule has 0 radical (unpaired) electrons. The van der Waals surface area contributed by atoms with Gasteiger partial charge in [0.1, 0.15) is 5.75 Å². The van der Waals surface area contributed by atoms with Crippen molar-refractivity contribution in [3.63, 3.8) is 0 Å². The predicted molar refractivity (Wildman–Crippen MR) is 102 cm³/mol. The van der Waals surface area contributed by atoms with Gasteiger partial charge in [0.25, 0.3) is 5.91 Å². The highest BCUT2D eigenvalue weighted by atomic mass is 16.6. The molecule has 0 saturated heterocycles. The van der Waals surface area contributed by atoms with E-state index < -0.39 is 18.0 Å². The molecule has 27 heavy (non-hydrogen) atoms. The molecule has 0 spiro atoms. The molecule has 0 saturated carbocycles. The summed E-state index contributed by atoms with van der Waals surface area (Å²) >= 11 is 0. The highest BCUT2D eigenvalue weighted by Gasteiger charge is 2.19. The second-order valence-electron chi connectivity index (χ2n) is 6.27. The van der Waals surface area contributed by atoms with Crippen molar-refractivity contribution in [1.82, 2.24) is 0 Å². The number of hydrogen-bond donors (Lipinski definition) is 1. The molecular weight excluding hydrogens is 346 g/mol. The minimum absolute atomic E-state index is 0.103. The van der Waals surface area contributed by atoms with E-state index in [-0.39, 0.29) is 12.4 Å². The van der Waals surface area contributed by atoms with Crippen LogP contribution in [-0.2, 0) is 14.3 Å². The van der Waals surface area contributed by atoms with Crippen molar-refractivity contribution in [2.75, 3.05) is 11.9 Å². The molecule has 142 valence electrons. The fraction of sp³-hybridized carbons (Fsp3) is 0.286. The van der Waals surface area contributed by atoms with Crippen LogP contribution >= 0.6 is 0 Å². The largest absolute Gasteiger partial charge is 0.481 e. The number of para-hydroxylation sites is 1. The van der Waals surface area contributed by atoms with Crippen LogP contribution in [0.25, 0.3) is 0 Å². The molecule has 2 aromatic carbocycles. The summed E-state index contributed by atoms with van der Waals surface area (Å²) in [5, 5.41) is 2.63. The van der Waals surface area contributed by atoms with Gasteiger partial charge in [0.2, 0.25) is 0 Å². The fourth-order valence-corrected chi connectivity index (χ4v) is 2.50. The van der Waals surface area contributed by atoms with E-state index >= 15 is 0 Å². The summed E-state index contributed by atoms with van der Waals surface area (Å²) < 4.78 is 10.6. The molecule has 0 heterocycles. The summed E-state index contributed by atoms with van der Waals surface area (Å²) in [6.07, 6.45) is -1.000. The molecule has 1 atom stereocenters. The average molecular weight is 369 g/mol. The SMILES string of the molecule is CC(=O)c1cccc(NC(=O)[C@@H](C)OC(=O)COc2c(C)cccc2C)c1. The molecule has 2 rings (SSSR count). The molecule has 6 nitrogen and oxygen atoms in total. The maximum absolute atomic E-state index is 12.2. The van der Waals surface area contributed by atoms with Gasteiger partial charge < -0.3 is 14.8 Å². The minimum atomic E-state index is -1.000. The molecule has 6 heteroatoms. The number of carbonyl (C=O) groups is 3. The lowest BCUT2D eigenvalue weighted by Gasteiger charge is -2.15. The Hall–Kier alpha value is -3.15. The smallest absolute Gasteiger partial charge is 0.344 e. The number of rotatable bonds is 7. The third kappa shape index (κ3) is 5.67. The molecular formula is C21H23NO5. The zero-order valence-electron chi connectivity index (χ0n) is 15.9. The van der Waals surface area contributed by atoms with E-state index in [1.165, 1.54) is 13.8 Å². The number of aryl methyl sites for hydroxylation is 2. The molecule has 0 aliphatic carbocycles. The molecule has 0 unspecified atom stereocenters. The monoisotopic (exact) mass is 369 g/mol. The molecule has 0 fully saturated rings. The van der Waals surface area contributed by atoms with Crippen LogP contribution in [0, 0.1) is 13.8 Å². The maximum Gasteiger partial charge on any atom is 0.344 e. The fourth-order valence-electron chi connectivity index (χ4n) is 2.50. The Morgan fingerprint density at radius 1 is 1.04 bits per heavy atom. The van der Waals surface area contributed by atoms with Gasteiger partial charge in [-0.05, 0) is 51.0 Å². The molecule has 0 bridgehead atoms. The van der Waals surface area contributed by atoms with Gasteiger partial charge in [-0.25, -0.2) is 4.79 Å². The molecule has 1 amide bonds. The topological polar surface area (TPSA) is 81.7 Å². The standard InChI is InChI=1S/C21H23NO5/c1-13-7-5-8-14(2)20(13)26-12-19(24)27-16(4)21(25)22-18-10-6-9-17(11-18)15(3)23/h5-11,16H,12H2,1-4H3,(H,22,25)/t16-/m1/s1. The van der Waals surface area contributed by atoms with Crippen molar-refractivity contribution in [2.45, 2.75) is 33.8 Å². The number of Topliss-reactive ketones (excluding diaryl/α,β-unsaturated/α-hetero) is 1. The van der Waals surface area contributed by atoms with Gasteiger partial charge in [-0.15, -0.1) is 0 Å². The maximum atomic E-state index is 12.2. The van der Waals surface area contributed by atoms with Crippen LogP contribution in [0.3, 0.4) is 0 Å². The van der Waals surface area contributed by atoms with Gasteiger partial charge in [0, 0.05) is 11.3 Å². The number of nitrogens with one attached hydrogen (secondary N) is 1. The van der Waals surface area contributed by atoms with Gasteiger partial charge in [-0.2, -0.15) is 0 Å². The first-order valence-corrected chi connectivity index (χ1v) is 8.58. The van der Waals surface area contributed by atoms with E-state index in [0.717, 1.165) is 11.1 Å². The number of anilines is 1. The number of esters is 1. The highest BCUT2D eigenvalue weighted by Crippen LogP contribution is 2.22. The van der Waals surface area contributed by atoms with Crippen molar-refractivity contribution in [2.24, 2.45) is 0 Å². The van der Waals surface area contributed by atoms with Crippen LogP contribution < -0.4 is 10.1 Å². The Morgan fingerprint density at radius 2 is 1.67 bits per heavy atom. The van der Waals surface area contributed by atoms with Crippen LogP contribution in [0.15, 0.2) is 42.5 Å². The van der Waals surface area contributed by atoms with Crippen LogP contribution in [0.2, 0.25) is 0 Å². The summed E-state index contributed by atoms with van der Waals surface area (Å²) in [5.74, 6) is -0.601. The lowest BCUT2D eigenvalue weighted by atomic mass is 10.1. The summed E-state index contributed by atoms with van der Waals surface area (Å²) in [6.45, 7) is 6.41. The summed E-state index contributed by atoms with van der Waals surface area (Å²) in [5.41, 5.74) is 2.78. The Bertz CT molecular complexity index is 839. The van der Waals surface area contributed by atoms with Crippen molar-refractivity contribution in [3.8, 4) is 5.75 Å². The van der Waals surface area contributed by atoms with Crippen molar-refractivity contribution in [3.05, 3.63) is 59.2 Å². The first-order valence-electron chi connectivity index (χ1n) is 8.58. The van der Waals surface area contributed by atoms with E-state index in [9.17, 15) is 14.4 Å². The summed E-state index contributed by atoms with van der Waals surface area (Å²) in [6, 6.07) is 12.2. The quantitative estimate of drug-likeness (QED) is 0.597. The van der Waals surface area contributed by atoms with Gasteiger partial charge in [-0.1, -0.05) is 30.3 Å². The number of benzene rings is 2. The van der Waals surface area contributed by atoms with Crippen LogP contribution in [-0.4, -0.2) is 30.4 Å². The summed E-state index contributed by atoms with van der Waals surface area (Å²) in [4.78, 5) is 35.6. The van der Waals surface area contributed by atoms with Gasteiger partial charge in [0.05, 0.1) is 0 Å². The van der Waals surface area contributed by atoms with Gasteiger partial charge in [-0.3, -0.25) is 9.59 Å². The average Bonchev–Trinajstić information content (AvgIpc) is 2.61. The normalized spacial score (nSPS) is 11.4. The molecule has 0 aromatic heterocycles.